The SMILES string of the molecule is COC(=O)C[C@H](N1CCCCC1)S(=O)(=O)c1ccc2ccccc2c1. The van der Waals surface area contributed by atoms with Crippen molar-refractivity contribution >= 4 is 26.6 Å². The first-order valence-corrected chi connectivity index (χ1v) is 10.1. The molecule has 25 heavy (non-hydrogen) atoms. The smallest absolute Gasteiger partial charge is 0.308 e. The van der Waals surface area contributed by atoms with E-state index in [1.807, 2.05) is 35.2 Å². The van der Waals surface area contributed by atoms with Gasteiger partial charge in [-0.15, -0.1) is 0 Å². The summed E-state index contributed by atoms with van der Waals surface area (Å²) in [7, 11) is -2.38. The molecule has 1 saturated heterocycles. The zero-order valence-corrected chi connectivity index (χ0v) is 15.2. The first-order valence-electron chi connectivity index (χ1n) is 8.56. The molecule has 0 amide bonds. The van der Waals surface area contributed by atoms with E-state index >= 15 is 0 Å². The Morgan fingerprint density at radius 1 is 1.08 bits per heavy atom. The number of esters is 1. The molecule has 0 N–H and O–H groups in total. The molecular weight excluding hydrogens is 338 g/mol. The Morgan fingerprint density at radius 2 is 1.76 bits per heavy atom. The average molecular weight is 361 g/mol. The highest BCUT2D eigenvalue weighted by Crippen LogP contribution is 2.27. The third-order valence-electron chi connectivity index (χ3n) is 4.77. The van der Waals surface area contributed by atoms with E-state index in [2.05, 4.69) is 0 Å². The molecule has 1 aliphatic rings. The molecule has 6 heteroatoms. The van der Waals surface area contributed by atoms with Crippen molar-refractivity contribution in [1.82, 2.24) is 4.90 Å². The fourth-order valence-corrected chi connectivity index (χ4v) is 5.19. The number of ether oxygens (including phenoxy) is 1. The van der Waals surface area contributed by atoms with Gasteiger partial charge in [-0.1, -0.05) is 36.8 Å². The second-order valence-corrected chi connectivity index (χ2v) is 8.49. The maximum atomic E-state index is 13.3. The molecule has 0 aliphatic carbocycles. The third kappa shape index (κ3) is 3.85. The summed E-state index contributed by atoms with van der Waals surface area (Å²) in [6.45, 7) is 1.38. The van der Waals surface area contributed by atoms with Crippen LogP contribution < -0.4 is 0 Å². The predicted molar refractivity (Wildman–Crippen MR) is 97.0 cm³/mol. The Labute approximate surface area is 148 Å². The molecule has 134 valence electrons. The summed E-state index contributed by atoms with van der Waals surface area (Å²) in [6, 6.07) is 12.8. The maximum absolute atomic E-state index is 13.3. The topological polar surface area (TPSA) is 63.7 Å². The molecule has 0 spiro atoms. The Morgan fingerprint density at radius 3 is 2.44 bits per heavy atom. The molecule has 2 aromatic rings. The van der Waals surface area contributed by atoms with Crippen molar-refractivity contribution in [1.29, 1.82) is 0 Å². The molecule has 1 aliphatic heterocycles. The number of hydrogen-bond donors (Lipinski definition) is 0. The number of hydrogen-bond acceptors (Lipinski definition) is 5. The maximum Gasteiger partial charge on any atom is 0.308 e. The summed E-state index contributed by atoms with van der Waals surface area (Å²) in [4.78, 5) is 14.0. The minimum absolute atomic E-state index is 0.147. The van der Waals surface area contributed by atoms with E-state index in [0.29, 0.717) is 13.1 Å². The number of rotatable bonds is 5. The number of likely N-dealkylation sites (tertiary alicyclic amines) is 1. The van der Waals surface area contributed by atoms with Crippen LogP contribution in [0.5, 0.6) is 0 Å². The van der Waals surface area contributed by atoms with Crippen molar-refractivity contribution in [3.63, 3.8) is 0 Å². The van der Waals surface area contributed by atoms with Gasteiger partial charge in [-0.25, -0.2) is 8.42 Å². The molecule has 0 unspecified atom stereocenters. The zero-order chi connectivity index (χ0) is 17.9. The lowest BCUT2D eigenvalue weighted by Crippen LogP contribution is -2.45. The van der Waals surface area contributed by atoms with Gasteiger partial charge in [-0.2, -0.15) is 0 Å². The third-order valence-corrected chi connectivity index (χ3v) is 6.87. The van der Waals surface area contributed by atoms with Crippen LogP contribution >= 0.6 is 0 Å². The summed E-state index contributed by atoms with van der Waals surface area (Å²) in [5.74, 6) is -0.500. The van der Waals surface area contributed by atoms with Crippen molar-refractivity contribution in [2.45, 2.75) is 36.0 Å². The van der Waals surface area contributed by atoms with E-state index in [1.165, 1.54) is 7.11 Å². The normalized spacial score (nSPS) is 17.3. The number of piperidine rings is 1. The van der Waals surface area contributed by atoms with E-state index < -0.39 is 21.2 Å². The molecule has 0 radical (unpaired) electrons. The lowest BCUT2D eigenvalue weighted by Gasteiger charge is -2.33. The quantitative estimate of drug-likeness (QED) is 0.766. The Balaban J connectivity index is 1.99. The van der Waals surface area contributed by atoms with Gasteiger partial charge in [0.25, 0.3) is 0 Å². The molecule has 1 heterocycles. The molecular formula is C19H23NO4S. The largest absolute Gasteiger partial charge is 0.469 e. The summed E-state index contributed by atoms with van der Waals surface area (Å²) in [5, 5.41) is 0.990. The highest BCUT2D eigenvalue weighted by molar-refractivity contribution is 7.92. The van der Waals surface area contributed by atoms with Crippen LogP contribution in [-0.4, -0.2) is 44.9 Å². The van der Waals surface area contributed by atoms with Crippen molar-refractivity contribution in [2.24, 2.45) is 0 Å². The lowest BCUT2D eigenvalue weighted by molar-refractivity contribution is -0.141. The summed E-state index contributed by atoms with van der Waals surface area (Å²) < 4.78 is 31.3. The monoisotopic (exact) mass is 361 g/mol. The van der Waals surface area contributed by atoms with Crippen LogP contribution in [0, 0.1) is 0 Å². The number of carbonyl (C=O) groups is 1. The van der Waals surface area contributed by atoms with Crippen LogP contribution in [0.15, 0.2) is 47.4 Å². The van der Waals surface area contributed by atoms with E-state index in [9.17, 15) is 13.2 Å². The van der Waals surface area contributed by atoms with Crippen molar-refractivity contribution in [3.05, 3.63) is 42.5 Å². The number of carbonyl (C=O) groups excluding carboxylic acids is 1. The van der Waals surface area contributed by atoms with Crippen LogP contribution in [0.25, 0.3) is 10.8 Å². The van der Waals surface area contributed by atoms with Crippen molar-refractivity contribution in [2.75, 3.05) is 20.2 Å². The highest BCUT2D eigenvalue weighted by Gasteiger charge is 2.35. The van der Waals surface area contributed by atoms with Crippen LogP contribution in [0.4, 0.5) is 0 Å². The van der Waals surface area contributed by atoms with Crippen LogP contribution in [-0.2, 0) is 19.4 Å². The average Bonchev–Trinajstić information content (AvgIpc) is 2.66. The molecule has 1 fully saturated rings. The van der Waals surface area contributed by atoms with Crippen molar-refractivity contribution in [3.8, 4) is 0 Å². The minimum Gasteiger partial charge on any atom is -0.469 e. The molecule has 5 nitrogen and oxygen atoms in total. The van der Waals surface area contributed by atoms with Crippen LogP contribution in [0.1, 0.15) is 25.7 Å². The fraction of sp³-hybridized carbons (Fsp3) is 0.421. The van der Waals surface area contributed by atoms with Gasteiger partial charge in [-0.05, 0) is 48.8 Å². The standard InChI is InChI=1S/C19H23NO4S/c1-24-19(21)14-18(20-11-5-2-6-12-20)25(22,23)17-10-9-15-7-3-4-8-16(15)13-17/h3-4,7-10,13,18H,2,5-6,11-12,14H2,1H3/t18-/m1/s1. The van der Waals surface area contributed by atoms with Crippen LogP contribution in [0.2, 0.25) is 0 Å². The second-order valence-electron chi connectivity index (χ2n) is 6.39. The Hall–Kier alpha value is -1.92. The van der Waals surface area contributed by atoms with Gasteiger partial charge in [0, 0.05) is 0 Å². The van der Waals surface area contributed by atoms with Gasteiger partial charge in [-0.3, -0.25) is 9.69 Å². The highest BCUT2D eigenvalue weighted by atomic mass is 32.2. The Kier molecular flexibility index (Phi) is 5.39. The van der Waals surface area contributed by atoms with E-state index in [-0.39, 0.29) is 11.3 Å². The van der Waals surface area contributed by atoms with Gasteiger partial charge < -0.3 is 4.74 Å². The van der Waals surface area contributed by atoms with Crippen molar-refractivity contribution < 1.29 is 17.9 Å². The lowest BCUT2D eigenvalue weighted by atomic mass is 10.1. The summed E-state index contributed by atoms with van der Waals surface area (Å²) >= 11 is 0. The Bertz CT molecular complexity index is 857. The number of methoxy groups -OCH3 is 1. The van der Waals surface area contributed by atoms with Crippen LogP contribution in [0.3, 0.4) is 0 Å². The number of fused-ring (bicyclic) bond motifs is 1. The first kappa shape index (κ1) is 17.9. The predicted octanol–water partition coefficient (Wildman–Crippen LogP) is 2.99. The van der Waals surface area contributed by atoms with Gasteiger partial charge in [0.2, 0.25) is 0 Å². The zero-order valence-electron chi connectivity index (χ0n) is 14.3. The number of benzene rings is 2. The number of nitrogens with zero attached hydrogens (tertiary/aromatic N) is 1. The fourth-order valence-electron chi connectivity index (χ4n) is 3.37. The molecule has 3 rings (SSSR count). The van der Waals surface area contributed by atoms with E-state index in [4.69, 9.17) is 4.74 Å². The second kappa shape index (κ2) is 7.54. The minimum atomic E-state index is -3.67. The van der Waals surface area contributed by atoms with Gasteiger partial charge in [0.15, 0.2) is 9.84 Å². The van der Waals surface area contributed by atoms with Gasteiger partial charge >= 0.3 is 5.97 Å². The summed E-state index contributed by atoms with van der Waals surface area (Å²) in [5.41, 5.74) is 0. The molecule has 2 aromatic carbocycles. The van der Waals surface area contributed by atoms with E-state index in [0.717, 1.165) is 30.0 Å². The molecule has 0 saturated carbocycles. The molecule has 0 aromatic heterocycles. The first-order chi connectivity index (χ1) is 12.0. The van der Waals surface area contributed by atoms with Gasteiger partial charge in [0.05, 0.1) is 18.4 Å². The molecule has 0 bridgehead atoms. The summed E-state index contributed by atoms with van der Waals surface area (Å²) in [6.07, 6.45) is 2.85. The van der Waals surface area contributed by atoms with Gasteiger partial charge in [0.1, 0.15) is 5.37 Å². The number of sulfone groups is 1. The molecule has 1 atom stereocenters. The van der Waals surface area contributed by atoms with E-state index in [1.54, 1.807) is 12.1 Å².